The van der Waals surface area contributed by atoms with Crippen LogP contribution in [-0.2, 0) is 9.84 Å². The Morgan fingerprint density at radius 2 is 1.75 bits per heavy atom. The van der Waals surface area contributed by atoms with E-state index in [-0.39, 0.29) is 10.5 Å². The van der Waals surface area contributed by atoms with E-state index >= 15 is 0 Å². The van der Waals surface area contributed by atoms with E-state index in [1.807, 2.05) is 12.1 Å². The molecule has 0 spiro atoms. The van der Waals surface area contributed by atoms with E-state index in [2.05, 4.69) is 0 Å². The number of hydrogen-bond acceptors (Lipinski definition) is 3. The molecule has 0 N–H and O–H groups in total. The Bertz CT molecular complexity index is 657. The normalized spacial score (nSPS) is 11.6. The Labute approximate surface area is 93.6 Å². The van der Waals surface area contributed by atoms with Crippen molar-refractivity contribution in [1.82, 2.24) is 0 Å². The highest BCUT2D eigenvalue weighted by molar-refractivity contribution is 7.90. The van der Waals surface area contributed by atoms with Gasteiger partial charge in [-0.1, -0.05) is 30.3 Å². The van der Waals surface area contributed by atoms with Gasteiger partial charge in [-0.05, 0) is 16.8 Å². The van der Waals surface area contributed by atoms with Gasteiger partial charge in [0, 0.05) is 11.8 Å². The minimum absolute atomic E-state index is 0.0844. The van der Waals surface area contributed by atoms with Gasteiger partial charge in [-0.3, -0.25) is 4.79 Å². The van der Waals surface area contributed by atoms with Crippen LogP contribution in [0, 0.1) is 0 Å². The number of hydrogen-bond donors (Lipinski definition) is 0. The number of aldehydes is 1. The molecule has 0 saturated heterocycles. The fourth-order valence-corrected chi connectivity index (χ4v) is 2.59. The molecule has 4 heteroatoms. The molecule has 0 bridgehead atoms. The molecule has 0 aliphatic carbocycles. The van der Waals surface area contributed by atoms with Crippen LogP contribution < -0.4 is 0 Å². The lowest BCUT2D eigenvalue weighted by Crippen LogP contribution is -2.02. The van der Waals surface area contributed by atoms with E-state index in [1.54, 1.807) is 18.2 Å². The van der Waals surface area contributed by atoms with Crippen molar-refractivity contribution in [2.24, 2.45) is 0 Å². The Morgan fingerprint density at radius 3 is 2.38 bits per heavy atom. The van der Waals surface area contributed by atoms with Crippen LogP contribution in [0.4, 0.5) is 0 Å². The van der Waals surface area contributed by atoms with Crippen molar-refractivity contribution < 1.29 is 13.2 Å². The van der Waals surface area contributed by atoms with Crippen molar-refractivity contribution in [3.8, 4) is 0 Å². The van der Waals surface area contributed by atoms with E-state index in [1.165, 1.54) is 6.07 Å². The molecule has 3 nitrogen and oxygen atoms in total. The molecule has 0 fully saturated rings. The number of carbonyl (C=O) groups is 1. The maximum Gasteiger partial charge on any atom is 0.176 e. The van der Waals surface area contributed by atoms with Gasteiger partial charge in [0.15, 0.2) is 16.1 Å². The molecule has 2 aromatic carbocycles. The summed E-state index contributed by atoms with van der Waals surface area (Å²) in [6, 6.07) is 10.4. The highest BCUT2D eigenvalue weighted by Crippen LogP contribution is 2.24. The first-order valence-corrected chi connectivity index (χ1v) is 6.60. The summed E-state index contributed by atoms with van der Waals surface area (Å²) in [4.78, 5) is 11.1. The fraction of sp³-hybridized carbons (Fsp3) is 0.0833. The summed E-state index contributed by atoms with van der Waals surface area (Å²) in [5.74, 6) is 0. The highest BCUT2D eigenvalue weighted by Gasteiger charge is 2.14. The number of fused-ring (bicyclic) bond motifs is 1. The molecule has 2 rings (SSSR count). The fourth-order valence-electron chi connectivity index (χ4n) is 1.72. The van der Waals surface area contributed by atoms with Crippen molar-refractivity contribution in [3.05, 3.63) is 42.0 Å². The molecule has 0 aliphatic rings. The van der Waals surface area contributed by atoms with Crippen LogP contribution in [0.5, 0.6) is 0 Å². The highest BCUT2D eigenvalue weighted by atomic mass is 32.2. The third-order valence-corrected chi connectivity index (χ3v) is 3.60. The molecule has 2 aromatic rings. The van der Waals surface area contributed by atoms with E-state index in [4.69, 9.17) is 0 Å². The quantitative estimate of drug-likeness (QED) is 0.747. The first kappa shape index (κ1) is 10.8. The maximum absolute atomic E-state index is 11.5. The molecule has 0 unspecified atom stereocenters. The van der Waals surface area contributed by atoms with Crippen LogP contribution in [0.2, 0.25) is 0 Å². The van der Waals surface area contributed by atoms with E-state index < -0.39 is 9.84 Å². The van der Waals surface area contributed by atoms with Gasteiger partial charge in [0.05, 0.1) is 4.90 Å². The zero-order valence-corrected chi connectivity index (χ0v) is 9.49. The van der Waals surface area contributed by atoms with E-state index in [9.17, 15) is 13.2 Å². The van der Waals surface area contributed by atoms with Gasteiger partial charge in [-0.25, -0.2) is 8.42 Å². The second kappa shape index (κ2) is 3.72. The van der Waals surface area contributed by atoms with Crippen molar-refractivity contribution in [3.63, 3.8) is 0 Å². The van der Waals surface area contributed by atoms with E-state index in [0.717, 1.165) is 11.6 Å². The lowest BCUT2D eigenvalue weighted by atomic mass is 10.1. The van der Waals surface area contributed by atoms with Gasteiger partial charge in [0.1, 0.15) is 0 Å². The smallest absolute Gasteiger partial charge is 0.176 e. The standard InChI is InChI=1S/C12H10O3S/c1-16(14,15)12-7-6-9-4-2-3-5-10(9)11(12)8-13/h2-8H,1H3. The molecular formula is C12H10O3S. The molecule has 82 valence electrons. The largest absolute Gasteiger partial charge is 0.298 e. The molecule has 0 aliphatic heterocycles. The monoisotopic (exact) mass is 234 g/mol. The lowest BCUT2D eigenvalue weighted by Gasteiger charge is -2.06. The van der Waals surface area contributed by atoms with Crippen LogP contribution in [0.25, 0.3) is 10.8 Å². The lowest BCUT2D eigenvalue weighted by molar-refractivity contribution is 0.112. The Kier molecular flexibility index (Phi) is 2.52. The molecule has 0 radical (unpaired) electrons. The summed E-state index contributed by atoms with van der Waals surface area (Å²) in [5, 5.41) is 1.53. The third kappa shape index (κ3) is 1.72. The molecule has 0 heterocycles. The van der Waals surface area contributed by atoms with E-state index in [0.29, 0.717) is 11.7 Å². The molecule has 0 atom stereocenters. The topological polar surface area (TPSA) is 51.2 Å². The van der Waals surface area contributed by atoms with Crippen molar-refractivity contribution in [1.29, 1.82) is 0 Å². The number of rotatable bonds is 2. The third-order valence-electron chi connectivity index (χ3n) is 2.45. The SMILES string of the molecule is CS(=O)(=O)c1ccc2ccccc2c1C=O. The van der Waals surface area contributed by atoms with Gasteiger partial charge >= 0.3 is 0 Å². The predicted molar refractivity (Wildman–Crippen MR) is 62.4 cm³/mol. The first-order valence-electron chi connectivity index (χ1n) is 4.71. The summed E-state index contributed by atoms with van der Waals surface area (Å²) in [6.45, 7) is 0. The van der Waals surface area contributed by atoms with Gasteiger partial charge in [0.2, 0.25) is 0 Å². The predicted octanol–water partition coefficient (Wildman–Crippen LogP) is 2.06. The minimum Gasteiger partial charge on any atom is -0.298 e. The Balaban J connectivity index is 2.94. The molecule has 0 amide bonds. The number of benzene rings is 2. The van der Waals surface area contributed by atoms with Crippen LogP contribution in [0.1, 0.15) is 10.4 Å². The summed E-state index contributed by atoms with van der Waals surface area (Å²) in [5.41, 5.74) is 0.237. The Morgan fingerprint density at radius 1 is 1.06 bits per heavy atom. The zero-order valence-electron chi connectivity index (χ0n) is 8.67. The second-order valence-electron chi connectivity index (χ2n) is 3.59. The summed E-state index contributed by atoms with van der Waals surface area (Å²) in [7, 11) is -3.37. The molecule has 0 saturated carbocycles. The van der Waals surface area contributed by atoms with Gasteiger partial charge < -0.3 is 0 Å². The molecular weight excluding hydrogens is 224 g/mol. The van der Waals surface area contributed by atoms with Crippen LogP contribution in [-0.4, -0.2) is 21.0 Å². The number of sulfone groups is 1. The maximum atomic E-state index is 11.5. The van der Waals surface area contributed by atoms with Gasteiger partial charge in [-0.15, -0.1) is 0 Å². The Hall–Kier alpha value is -1.68. The van der Waals surface area contributed by atoms with Gasteiger partial charge in [0.25, 0.3) is 0 Å². The first-order chi connectivity index (χ1) is 7.54. The average molecular weight is 234 g/mol. The summed E-state index contributed by atoms with van der Waals surface area (Å²) in [6.07, 6.45) is 1.70. The van der Waals surface area contributed by atoms with Crippen molar-refractivity contribution in [2.75, 3.05) is 6.26 Å². The van der Waals surface area contributed by atoms with Gasteiger partial charge in [-0.2, -0.15) is 0 Å². The van der Waals surface area contributed by atoms with Crippen LogP contribution >= 0.6 is 0 Å². The van der Waals surface area contributed by atoms with Crippen LogP contribution in [0.15, 0.2) is 41.3 Å². The zero-order chi connectivity index (χ0) is 11.8. The average Bonchev–Trinajstić information content (AvgIpc) is 2.26. The summed E-state index contributed by atoms with van der Waals surface area (Å²) < 4.78 is 23.0. The minimum atomic E-state index is -3.37. The second-order valence-corrected chi connectivity index (χ2v) is 5.57. The van der Waals surface area contributed by atoms with Crippen molar-refractivity contribution in [2.45, 2.75) is 4.90 Å². The summed E-state index contributed by atoms with van der Waals surface area (Å²) >= 11 is 0. The molecule has 0 aromatic heterocycles. The number of carbonyl (C=O) groups excluding carboxylic acids is 1. The molecule has 16 heavy (non-hydrogen) atoms. The van der Waals surface area contributed by atoms with Crippen LogP contribution in [0.3, 0.4) is 0 Å². The van der Waals surface area contributed by atoms with Crippen molar-refractivity contribution >= 4 is 26.9 Å².